The van der Waals surface area contributed by atoms with Crippen LogP contribution in [0.3, 0.4) is 0 Å². The first kappa shape index (κ1) is 36.8. The number of carbonyl (C=O) groups excluding carboxylic acids is 5. The molecule has 0 spiro atoms. The molecule has 0 unspecified atom stereocenters. The van der Waals surface area contributed by atoms with Crippen LogP contribution in [0.4, 0.5) is 0 Å². The summed E-state index contributed by atoms with van der Waals surface area (Å²) in [5.74, 6) is -3.36. The van der Waals surface area contributed by atoms with Gasteiger partial charge in [-0.3, -0.25) is 33.8 Å². The van der Waals surface area contributed by atoms with Gasteiger partial charge < -0.3 is 48.9 Å². The van der Waals surface area contributed by atoms with E-state index in [2.05, 4.69) is 31.6 Å². The number of hydrogen-bond acceptors (Lipinski definition) is 10. The number of guanidine groups is 1. The van der Waals surface area contributed by atoms with E-state index in [4.69, 9.17) is 22.3 Å². The maximum absolute atomic E-state index is 12.7. The molecule has 0 aromatic heterocycles. The fraction of sp³-hybridized carbons (Fsp3) is 0.682. The van der Waals surface area contributed by atoms with E-state index in [0.29, 0.717) is 30.9 Å². The van der Waals surface area contributed by atoms with Gasteiger partial charge in [-0.05, 0) is 49.7 Å². The molecule has 0 bridgehead atoms. The number of nitrogens with zero attached hydrogens (tertiary/aromatic N) is 1. The molecule has 0 aromatic rings. The first-order valence-corrected chi connectivity index (χ1v) is 15.1. The summed E-state index contributed by atoms with van der Waals surface area (Å²) in [6.07, 6.45) is 4.91. The number of aliphatic imine (C=N–C) groups is 1. The van der Waals surface area contributed by atoms with Crippen LogP contribution in [0.15, 0.2) is 4.99 Å². The molecule has 3 atom stereocenters. The molecule has 16 nitrogen and oxygen atoms in total. The van der Waals surface area contributed by atoms with Gasteiger partial charge in [-0.1, -0.05) is 0 Å². The van der Waals surface area contributed by atoms with Crippen molar-refractivity contribution in [3.05, 3.63) is 0 Å². The second kappa shape index (κ2) is 21.6. The Hall–Kier alpha value is -3.25. The molecule has 5 amide bonds. The van der Waals surface area contributed by atoms with Crippen LogP contribution in [0.1, 0.15) is 25.7 Å². The molecular formula is C22H41N9O7S2. The summed E-state index contributed by atoms with van der Waals surface area (Å²) in [4.78, 5) is 76.3. The lowest BCUT2D eigenvalue weighted by molar-refractivity contribution is -0.138. The van der Waals surface area contributed by atoms with Crippen molar-refractivity contribution < 1.29 is 33.9 Å². The van der Waals surface area contributed by atoms with Gasteiger partial charge in [0.05, 0.1) is 19.1 Å². The molecule has 0 radical (unpaired) electrons. The number of nitrogens with two attached hydrogens (primary N) is 3. The Bertz CT molecular complexity index is 889. The molecule has 228 valence electrons. The van der Waals surface area contributed by atoms with Crippen LogP contribution in [0.25, 0.3) is 0 Å². The third-order valence-corrected chi connectivity index (χ3v) is 6.38. The van der Waals surface area contributed by atoms with Crippen molar-refractivity contribution in [1.82, 2.24) is 26.6 Å². The zero-order valence-corrected chi connectivity index (χ0v) is 24.3. The molecule has 18 heteroatoms. The van der Waals surface area contributed by atoms with Crippen molar-refractivity contribution in [3.8, 4) is 0 Å². The molecule has 0 aliphatic heterocycles. The Labute approximate surface area is 241 Å². The largest absolute Gasteiger partial charge is 0.480 e. The van der Waals surface area contributed by atoms with Gasteiger partial charge in [-0.15, -0.1) is 0 Å². The summed E-state index contributed by atoms with van der Waals surface area (Å²) in [6, 6.07) is -2.84. The maximum Gasteiger partial charge on any atom is 0.322 e. The van der Waals surface area contributed by atoms with E-state index in [0.717, 1.165) is 0 Å². The molecule has 0 saturated carbocycles. The third kappa shape index (κ3) is 18.1. The molecular weight excluding hydrogens is 566 g/mol. The molecule has 0 heterocycles. The van der Waals surface area contributed by atoms with Crippen LogP contribution in [0.2, 0.25) is 0 Å². The summed E-state index contributed by atoms with van der Waals surface area (Å²) < 4.78 is 0. The number of rotatable bonds is 21. The fourth-order valence-corrected chi connectivity index (χ4v) is 3.97. The van der Waals surface area contributed by atoms with Crippen molar-refractivity contribution >= 4 is 65.0 Å². The Morgan fingerprint density at radius 2 is 1.20 bits per heavy atom. The van der Waals surface area contributed by atoms with Crippen LogP contribution in [0.5, 0.6) is 0 Å². The van der Waals surface area contributed by atoms with Crippen molar-refractivity contribution in [3.63, 3.8) is 0 Å². The quantitative estimate of drug-likeness (QED) is 0.0346. The highest BCUT2D eigenvalue weighted by atomic mass is 32.2. The van der Waals surface area contributed by atoms with Gasteiger partial charge >= 0.3 is 5.97 Å². The first-order valence-electron chi connectivity index (χ1n) is 12.3. The van der Waals surface area contributed by atoms with Crippen molar-refractivity contribution in [2.75, 3.05) is 50.2 Å². The molecule has 0 rings (SSSR count). The number of aliphatic carboxylic acids is 1. The number of hydrogen-bond donors (Lipinski definition) is 9. The van der Waals surface area contributed by atoms with Gasteiger partial charge in [0.15, 0.2) is 5.96 Å². The standard InChI is InChI=1S/C22H41N9O7S2/c1-39-8-5-14(30-16(32)10-27-19(36)13(23)4-3-7-26-22(24)25)20(37)28-11-17(33)31-15(6-9-40-2)21(38)29-12-18(34)35/h13-15H,3-12,23H2,1-2H3,(H,27,36)(H,28,37)(H,29,38)(H,30,32)(H,31,33)(H,34,35)(H4,24,25,26)/t13-,14-,15-/m0/s1. The summed E-state index contributed by atoms with van der Waals surface area (Å²) in [7, 11) is 0. The smallest absolute Gasteiger partial charge is 0.322 e. The summed E-state index contributed by atoms with van der Waals surface area (Å²) in [5.41, 5.74) is 16.3. The normalized spacial score (nSPS) is 12.7. The second-order valence-corrected chi connectivity index (χ2v) is 10.4. The minimum atomic E-state index is -1.23. The number of thioether (sulfide) groups is 2. The molecule has 0 saturated heterocycles. The van der Waals surface area contributed by atoms with E-state index < -0.39 is 73.3 Å². The number of amides is 5. The summed E-state index contributed by atoms with van der Waals surface area (Å²) in [6.45, 7) is -1.17. The highest BCUT2D eigenvalue weighted by Gasteiger charge is 2.24. The van der Waals surface area contributed by atoms with Gasteiger partial charge in [-0.25, -0.2) is 0 Å². The Morgan fingerprint density at radius 1 is 0.750 bits per heavy atom. The van der Waals surface area contributed by atoms with E-state index in [9.17, 15) is 28.8 Å². The van der Waals surface area contributed by atoms with Gasteiger partial charge in [0, 0.05) is 6.54 Å². The van der Waals surface area contributed by atoms with Gasteiger partial charge in [0.2, 0.25) is 29.5 Å². The highest BCUT2D eigenvalue weighted by Crippen LogP contribution is 2.03. The maximum atomic E-state index is 12.7. The number of carbonyl (C=O) groups is 6. The minimum Gasteiger partial charge on any atom is -0.480 e. The summed E-state index contributed by atoms with van der Waals surface area (Å²) in [5, 5.41) is 20.8. The molecule has 0 aliphatic rings. The predicted octanol–water partition coefficient (Wildman–Crippen LogP) is -3.72. The average molecular weight is 608 g/mol. The van der Waals surface area contributed by atoms with Crippen LogP contribution >= 0.6 is 23.5 Å². The second-order valence-electron chi connectivity index (χ2n) is 8.41. The van der Waals surface area contributed by atoms with E-state index in [1.807, 2.05) is 12.5 Å². The highest BCUT2D eigenvalue weighted by molar-refractivity contribution is 7.98. The van der Waals surface area contributed by atoms with Crippen LogP contribution in [-0.4, -0.2) is 115 Å². The van der Waals surface area contributed by atoms with Gasteiger partial charge in [0.1, 0.15) is 18.6 Å². The zero-order valence-electron chi connectivity index (χ0n) is 22.7. The Morgan fingerprint density at radius 3 is 1.62 bits per heavy atom. The molecule has 0 aromatic carbocycles. The minimum absolute atomic E-state index is 0.0638. The first-order chi connectivity index (χ1) is 18.9. The average Bonchev–Trinajstić information content (AvgIpc) is 2.91. The molecule has 0 fully saturated rings. The van der Waals surface area contributed by atoms with Crippen LogP contribution in [-0.2, 0) is 28.8 Å². The third-order valence-electron chi connectivity index (χ3n) is 5.09. The van der Waals surface area contributed by atoms with Crippen molar-refractivity contribution in [1.29, 1.82) is 0 Å². The number of carboxylic acids is 1. The van der Waals surface area contributed by atoms with Gasteiger partial charge in [0.25, 0.3) is 0 Å². The monoisotopic (exact) mass is 607 g/mol. The Kier molecular flexibility index (Phi) is 19.8. The van der Waals surface area contributed by atoms with Crippen molar-refractivity contribution in [2.24, 2.45) is 22.2 Å². The lowest BCUT2D eigenvalue weighted by Crippen LogP contribution is -2.54. The SMILES string of the molecule is CSCC[C@H](NC(=O)CNC(=O)[C@H](CCSC)NC(=O)CNC(=O)[C@@H](N)CCCN=C(N)N)C(=O)NCC(=O)O. The summed E-state index contributed by atoms with van der Waals surface area (Å²) >= 11 is 2.89. The predicted molar refractivity (Wildman–Crippen MR) is 154 cm³/mol. The number of carboxylic acid groups (broad SMARTS) is 1. The Balaban J connectivity index is 4.83. The van der Waals surface area contributed by atoms with E-state index >= 15 is 0 Å². The van der Waals surface area contributed by atoms with E-state index in [1.54, 1.807) is 0 Å². The fourth-order valence-electron chi connectivity index (χ4n) is 3.03. The van der Waals surface area contributed by atoms with E-state index in [-0.39, 0.29) is 18.8 Å². The molecule has 40 heavy (non-hydrogen) atoms. The van der Waals surface area contributed by atoms with E-state index in [1.165, 1.54) is 23.5 Å². The zero-order chi connectivity index (χ0) is 30.5. The number of nitrogens with one attached hydrogen (secondary N) is 5. The molecule has 12 N–H and O–H groups in total. The van der Waals surface area contributed by atoms with Crippen LogP contribution < -0.4 is 43.8 Å². The van der Waals surface area contributed by atoms with Crippen molar-refractivity contribution in [2.45, 2.75) is 43.8 Å². The lowest BCUT2D eigenvalue weighted by Gasteiger charge is -2.20. The van der Waals surface area contributed by atoms with Crippen LogP contribution in [0, 0.1) is 0 Å². The topological polar surface area (TPSA) is 273 Å². The van der Waals surface area contributed by atoms with Gasteiger partial charge in [-0.2, -0.15) is 23.5 Å². The molecule has 0 aliphatic carbocycles. The lowest BCUT2D eigenvalue weighted by atomic mass is 10.1.